The van der Waals surface area contributed by atoms with Gasteiger partial charge in [-0.25, -0.2) is 4.39 Å². The number of carbonyl (C=O) groups excluding carboxylic acids is 1. The van der Waals surface area contributed by atoms with Crippen molar-refractivity contribution in [1.29, 1.82) is 0 Å². The molecule has 1 aromatic heterocycles. The molecule has 0 fully saturated rings. The minimum atomic E-state index is -0.461. The van der Waals surface area contributed by atoms with Crippen molar-refractivity contribution in [3.05, 3.63) is 51.0 Å². The molecule has 2 aromatic rings. The molecule has 0 aliphatic carbocycles. The van der Waals surface area contributed by atoms with E-state index < -0.39 is 5.82 Å². The standard InChI is InChI=1S/C14H15FN2OS/c1-8-6-19-7-11(8)5-17-14(18)10-3-12(15)9(2)13(16)4-10/h3-4,6-7H,5,16H2,1-2H3,(H,17,18). The maximum absolute atomic E-state index is 13.5. The number of halogens is 1. The molecule has 19 heavy (non-hydrogen) atoms. The molecular weight excluding hydrogens is 263 g/mol. The summed E-state index contributed by atoms with van der Waals surface area (Å²) in [7, 11) is 0. The van der Waals surface area contributed by atoms with E-state index in [-0.39, 0.29) is 17.2 Å². The van der Waals surface area contributed by atoms with Gasteiger partial charge in [-0.1, -0.05) is 0 Å². The molecule has 1 amide bonds. The number of nitrogens with two attached hydrogens (primary N) is 1. The molecule has 2 rings (SSSR count). The first-order chi connectivity index (χ1) is 8.99. The van der Waals surface area contributed by atoms with Gasteiger partial charge in [0, 0.05) is 23.4 Å². The SMILES string of the molecule is Cc1cscc1CNC(=O)c1cc(N)c(C)c(F)c1. The normalized spacial score (nSPS) is 10.5. The van der Waals surface area contributed by atoms with Crippen LogP contribution < -0.4 is 11.1 Å². The summed E-state index contributed by atoms with van der Waals surface area (Å²) in [4.78, 5) is 11.9. The van der Waals surface area contributed by atoms with Crippen molar-refractivity contribution in [2.24, 2.45) is 0 Å². The fraction of sp³-hybridized carbons (Fsp3) is 0.214. The first kappa shape index (κ1) is 13.5. The van der Waals surface area contributed by atoms with E-state index in [1.165, 1.54) is 12.1 Å². The molecule has 3 N–H and O–H groups in total. The van der Waals surface area contributed by atoms with Crippen LogP contribution in [0.15, 0.2) is 22.9 Å². The second kappa shape index (κ2) is 5.40. The highest BCUT2D eigenvalue weighted by molar-refractivity contribution is 7.08. The van der Waals surface area contributed by atoms with Crippen LogP contribution >= 0.6 is 11.3 Å². The van der Waals surface area contributed by atoms with Gasteiger partial charge in [0.2, 0.25) is 0 Å². The van der Waals surface area contributed by atoms with Gasteiger partial charge in [-0.05, 0) is 47.9 Å². The molecule has 1 aromatic carbocycles. The summed E-state index contributed by atoms with van der Waals surface area (Å²) in [6, 6.07) is 2.70. The zero-order valence-electron chi connectivity index (χ0n) is 10.8. The van der Waals surface area contributed by atoms with E-state index in [4.69, 9.17) is 5.73 Å². The number of rotatable bonds is 3. The lowest BCUT2D eigenvalue weighted by Gasteiger charge is -2.08. The fourth-order valence-electron chi connectivity index (χ4n) is 1.68. The summed E-state index contributed by atoms with van der Waals surface area (Å²) in [6.07, 6.45) is 0. The van der Waals surface area contributed by atoms with Crippen LogP contribution in [0.25, 0.3) is 0 Å². The Bertz CT molecular complexity index is 599. The molecule has 0 spiro atoms. The number of hydrogen-bond acceptors (Lipinski definition) is 3. The van der Waals surface area contributed by atoms with Gasteiger partial charge in [-0.15, -0.1) is 0 Å². The minimum Gasteiger partial charge on any atom is -0.398 e. The zero-order valence-corrected chi connectivity index (χ0v) is 11.6. The highest BCUT2D eigenvalue weighted by atomic mass is 32.1. The molecule has 1 heterocycles. The number of amides is 1. The van der Waals surface area contributed by atoms with Crippen LogP contribution in [0, 0.1) is 19.7 Å². The second-order valence-electron chi connectivity index (χ2n) is 4.44. The fourth-order valence-corrected chi connectivity index (χ4v) is 2.53. The Labute approximate surface area is 115 Å². The molecule has 0 bridgehead atoms. The number of thiophene rings is 1. The first-order valence-corrected chi connectivity index (χ1v) is 6.79. The summed E-state index contributed by atoms with van der Waals surface area (Å²) >= 11 is 1.59. The van der Waals surface area contributed by atoms with Crippen LogP contribution in [-0.2, 0) is 6.54 Å². The lowest BCUT2D eigenvalue weighted by atomic mass is 10.1. The Morgan fingerprint density at radius 3 is 2.68 bits per heavy atom. The summed E-state index contributed by atoms with van der Waals surface area (Å²) < 4.78 is 13.5. The molecule has 100 valence electrons. The monoisotopic (exact) mass is 278 g/mol. The Morgan fingerprint density at radius 2 is 2.11 bits per heavy atom. The van der Waals surface area contributed by atoms with Crippen molar-refractivity contribution in [1.82, 2.24) is 5.32 Å². The minimum absolute atomic E-state index is 0.244. The third kappa shape index (κ3) is 2.93. The summed E-state index contributed by atoms with van der Waals surface area (Å²) in [5, 5.41) is 6.77. The van der Waals surface area contributed by atoms with Crippen LogP contribution in [0.3, 0.4) is 0 Å². The molecule has 5 heteroatoms. The van der Waals surface area contributed by atoms with Crippen molar-refractivity contribution < 1.29 is 9.18 Å². The largest absolute Gasteiger partial charge is 0.398 e. The van der Waals surface area contributed by atoms with E-state index in [9.17, 15) is 9.18 Å². The quantitative estimate of drug-likeness (QED) is 0.848. The molecule has 0 aliphatic rings. The van der Waals surface area contributed by atoms with E-state index in [2.05, 4.69) is 5.32 Å². The topological polar surface area (TPSA) is 55.1 Å². The smallest absolute Gasteiger partial charge is 0.251 e. The molecule has 0 atom stereocenters. The van der Waals surface area contributed by atoms with Crippen molar-refractivity contribution in [2.75, 3.05) is 5.73 Å². The van der Waals surface area contributed by atoms with E-state index in [0.29, 0.717) is 12.1 Å². The van der Waals surface area contributed by atoms with Crippen LogP contribution in [0.2, 0.25) is 0 Å². The predicted molar refractivity (Wildman–Crippen MR) is 75.8 cm³/mol. The van der Waals surface area contributed by atoms with Crippen molar-refractivity contribution in [3.8, 4) is 0 Å². The predicted octanol–water partition coefficient (Wildman–Crippen LogP) is 3.02. The van der Waals surface area contributed by atoms with Crippen LogP contribution in [0.4, 0.5) is 10.1 Å². The zero-order chi connectivity index (χ0) is 14.0. The van der Waals surface area contributed by atoms with Crippen LogP contribution in [0.1, 0.15) is 27.0 Å². The van der Waals surface area contributed by atoms with Gasteiger partial charge in [-0.3, -0.25) is 4.79 Å². The third-order valence-electron chi connectivity index (χ3n) is 3.05. The Morgan fingerprint density at radius 1 is 1.37 bits per heavy atom. The number of hydrogen-bond donors (Lipinski definition) is 2. The number of aryl methyl sites for hydroxylation is 1. The summed E-state index contributed by atoms with van der Waals surface area (Å²) in [5.74, 6) is -0.784. The molecular formula is C14H15FN2OS. The van der Waals surface area contributed by atoms with Gasteiger partial charge in [0.1, 0.15) is 5.82 Å². The number of nitrogens with one attached hydrogen (secondary N) is 1. The van der Waals surface area contributed by atoms with Gasteiger partial charge < -0.3 is 11.1 Å². The summed E-state index contributed by atoms with van der Waals surface area (Å²) in [5.41, 5.74) is 8.76. The van der Waals surface area contributed by atoms with E-state index in [1.54, 1.807) is 18.3 Å². The molecule has 0 saturated heterocycles. The van der Waals surface area contributed by atoms with E-state index in [1.807, 2.05) is 17.7 Å². The van der Waals surface area contributed by atoms with Gasteiger partial charge in [0.25, 0.3) is 5.91 Å². The maximum Gasteiger partial charge on any atom is 0.251 e. The maximum atomic E-state index is 13.5. The first-order valence-electron chi connectivity index (χ1n) is 5.84. The van der Waals surface area contributed by atoms with Gasteiger partial charge in [0.05, 0.1) is 0 Å². The molecule has 0 unspecified atom stereocenters. The van der Waals surface area contributed by atoms with Crippen LogP contribution in [-0.4, -0.2) is 5.91 Å². The number of anilines is 1. The summed E-state index contributed by atoms with van der Waals surface area (Å²) in [6.45, 7) is 4.01. The van der Waals surface area contributed by atoms with E-state index in [0.717, 1.165) is 11.1 Å². The second-order valence-corrected chi connectivity index (χ2v) is 5.18. The average Bonchev–Trinajstić information content (AvgIpc) is 2.78. The molecule has 0 aliphatic heterocycles. The third-order valence-corrected chi connectivity index (χ3v) is 3.96. The van der Waals surface area contributed by atoms with E-state index >= 15 is 0 Å². The average molecular weight is 278 g/mol. The van der Waals surface area contributed by atoms with Crippen molar-refractivity contribution in [2.45, 2.75) is 20.4 Å². The number of nitrogen functional groups attached to an aromatic ring is 1. The lowest BCUT2D eigenvalue weighted by Crippen LogP contribution is -2.23. The van der Waals surface area contributed by atoms with Gasteiger partial charge in [0.15, 0.2) is 0 Å². The Kier molecular flexibility index (Phi) is 3.85. The lowest BCUT2D eigenvalue weighted by molar-refractivity contribution is 0.0950. The Balaban J connectivity index is 2.10. The molecule has 0 saturated carbocycles. The number of benzene rings is 1. The van der Waals surface area contributed by atoms with Gasteiger partial charge >= 0.3 is 0 Å². The molecule has 3 nitrogen and oxygen atoms in total. The highest BCUT2D eigenvalue weighted by Gasteiger charge is 2.11. The highest BCUT2D eigenvalue weighted by Crippen LogP contribution is 2.18. The Hall–Kier alpha value is -1.88. The van der Waals surface area contributed by atoms with Crippen molar-refractivity contribution >= 4 is 22.9 Å². The van der Waals surface area contributed by atoms with Crippen LogP contribution in [0.5, 0.6) is 0 Å². The van der Waals surface area contributed by atoms with Gasteiger partial charge in [-0.2, -0.15) is 11.3 Å². The van der Waals surface area contributed by atoms with Crippen molar-refractivity contribution in [3.63, 3.8) is 0 Å². The number of carbonyl (C=O) groups is 1. The molecule has 0 radical (unpaired) electrons.